The van der Waals surface area contributed by atoms with Crippen LogP contribution in [0.1, 0.15) is 23.1 Å². The van der Waals surface area contributed by atoms with Crippen LogP contribution in [-0.4, -0.2) is 5.94 Å². The average molecular weight is 169 g/mol. The maximum Gasteiger partial charge on any atom is 0.128 e. The smallest absolute Gasteiger partial charge is 0.128 e. The van der Waals surface area contributed by atoms with Crippen molar-refractivity contribution < 1.29 is 4.79 Å². The molecule has 0 spiro atoms. The van der Waals surface area contributed by atoms with E-state index in [0.717, 1.165) is 24.0 Å². The molecule has 0 aromatic heterocycles. The van der Waals surface area contributed by atoms with Crippen LogP contribution in [0.15, 0.2) is 18.2 Å². The summed E-state index contributed by atoms with van der Waals surface area (Å²) < 4.78 is 0. The first-order valence-electron chi connectivity index (χ1n) is 4.12. The Labute approximate surface area is 76.1 Å². The van der Waals surface area contributed by atoms with Crippen LogP contribution in [0.25, 0.3) is 5.57 Å². The van der Waals surface area contributed by atoms with Gasteiger partial charge in [0.1, 0.15) is 5.94 Å². The first-order valence-corrected chi connectivity index (χ1v) is 4.12. The van der Waals surface area contributed by atoms with E-state index in [1.54, 1.807) is 12.1 Å². The van der Waals surface area contributed by atoms with Crippen LogP contribution in [0.4, 0.5) is 0 Å². The highest BCUT2D eigenvalue weighted by Crippen LogP contribution is 2.30. The molecule has 2 nitrogen and oxygen atoms in total. The van der Waals surface area contributed by atoms with Gasteiger partial charge in [-0.05, 0) is 36.1 Å². The van der Waals surface area contributed by atoms with E-state index in [2.05, 4.69) is 6.07 Å². The fraction of sp³-hybridized carbons (Fsp3) is 0.182. The Hall–Kier alpha value is -1.84. The van der Waals surface area contributed by atoms with E-state index in [4.69, 9.17) is 5.26 Å². The number of fused-ring (bicyclic) bond motifs is 1. The summed E-state index contributed by atoms with van der Waals surface area (Å²) in [6.45, 7) is 0. The zero-order valence-electron chi connectivity index (χ0n) is 7.00. The van der Waals surface area contributed by atoms with E-state index in [-0.39, 0.29) is 0 Å². The Kier molecular flexibility index (Phi) is 1.73. The maximum absolute atomic E-state index is 10.5. The topological polar surface area (TPSA) is 40.9 Å². The molecule has 0 heterocycles. The highest BCUT2D eigenvalue weighted by Gasteiger charge is 2.16. The van der Waals surface area contributed by atoms with Crippen molar-refractivity contribution >= 4 is 11.5 Å². The highest BCUT2D eigenvalue weighted by atomic mass is 16.1. The fourth-order valence-corrected chi connectivity index (χ4v) is 1.65. The summed E-state index contributed by atoms with van der Waals surface area (Å²) in [5, 5.41) is 8.67. The molecule has 0 saturated heterocycles. The van der Waals surface area contributed by atoms with Crippen LogP contribution < -0.4 is 0 Å². The van der Waals surface area contributed by atoms with Crippen LogP contribution in [0, 0.1) is 11.3 Å². The average Bonchev–Trinajstić information content (AvgIpc) is 2.59. The third kappa shape index (κ3) is 1.16. The van der Waals surface area contributed by atoms with Crippen molar-refractivity contribution in [3.8, 4) is 6.07 Å². The van der Waals surface area contributed by atoms with Crippen LogP contribution in [0.2, 0.25) is 0 Å². The molecule has 13 heavy (non-hydrogen) atoms. The van der Waals surface area contributed by atoms with Gasteiger partial charge in [0.05, 0.1) is 11.6 Å². The molecule has 2 heteroatoms. The Morgan fingerprint density at radius 1 is 1.31 bits per heavy atom. The highest BCUT2D eigenvalue weighted by molar-refractivity contribution is 5.91. The molecule has 1 aliphatic rings. The summed E-state index contributed by atoms with van der Waals surface area (Å²) in [5.41, 5.74) is 3.37. The monoisotopic (exact) mass is 169 g/mol. The molecular weight excluding hydrogens is 162 g/mol. The minimum atomic E-state index is 0.605. The molecule has 1 aromatic carbocycles. The standard InChI is InChI=1S/C11H7NO/c12-6-8-1-2-9-3-4-10(7-13)11(9)5-8/h1-2,5H,3-4H2. The molecule has 0 unspecified atom stereocenters. The fourth-order valence-electron chi connectivity index (χ4n) is 1.65. The van der Waals surface area contributed by atoms with Crippen molar-refractivity contribution in [3.05, 3.63) is 34.9 Å². The molecule has 0 atom stereocenters. The van der Waals surface area contributed by atoms with E-state index < -0.39 is 0 Å². The Bertz CT molecular complexity index is 448. The minimum Gasteiger partial charge on any atom is -0.233 e. The Morgan fingerprint density at radius 2 is 2.15 bits per heavy atom. The summed E-state index contributed by atoms with van der Waals surface area (Å²) in [6.07, 6.45) is 1.65. The van der Waals surface area contributed by atoms with Crippen molar-refractivity contribution in [2.75, 3.05) is 0 Å². The van der Waals surface area contributed by atoms with Gasteiger partial charge in [-0.1, -0.05) is 6.07 Å². The second-order valence-electron chi connectivity index (χ2n) is 3.06. The Balaban J connectivity index is 2.63. The van der Waals surface area contributed by atoms with Crippen molar-refractivity contribution in [2.24, 2.45) is 0 Å². The molecule has 0 N–H and O–H groups in total. The van der Waals surface area contributed by atoms with Gasteiger partial charge in [-0.3, -0.25) is 0 Å². The first-order chi connectivity index (χ1) is 6.35. The molecule has 0 amide bonds. The van der Waals surface area contributed by atoms with E-state index in [1.165, 1.54) is 0 Å². The molecule has 0 fully saturated rings. The number of hydrogen-bond acceptors (Lipinski definition) is 2. The SMILES string of the molecule is N#Cc1ccc2c(c1)C(=C=O)CC2. The lowest BCUT2D eigenvalue weighted by Gasteiger charge is -1.97. The lowest BCUT2D eigenvalue weighted by Crippen LogP contribution is -1.83. The summed E-state index contributed by atoms with van der Waals surface area (Å²) >= 11 is 0. The first kappa shape index (κ1) is 7.79. The van der Waals surface area contributed by atoms with Crippen LogP contribution in [-0.2, 0) is 11.2 Å². The predicted octanol–water partition coefficient (Wildman–Crippen LogP) is 1.72. The zero-order chi connectivity index (χ0) is 9.26. The normalized spacial score (nSPS) is 13.3. The number of aryl methyl sites for hydroxylation is 1. The van der Waals surface area contributed by atoms with E-state index >= 15 is 0 Å². The van der Waals surface area contributed by atoms with E-state index in [9.17, 15) is 4.79 Å². The summed E-state index contributed by atoms with van der Waals surface area (Å²) in [5.74, 6) is 1.93. The molecular formula is C11H7NO. The maximum atomic E-state index is 10.5. The number of benzene rings is 1. The van der Waals surface area contributed by atoms with Crippen LogP contribution >= 0.6 is 0 Å². The van der Waals surface area contributed by atoms with Crippen LogP contribution in [0.3, 0.4) is 0 Å². The predicted molar refractivity (Wildman–Crippen MR) is 48.6 cm³/mol. The zero-order valence-corrected chi connectivity index (χ0v) is 7.00. The van der Waals surface area contributed by atoms with Gasteiger partial charge in [-0.25, -0.2) is 4.79 Å². The number of rotatable bonds is 0. The number of hydrogen-bond donors (Lipinski definition) is 0. The third-order valence-electron chi connectivity index (χ3n) is 2.33. The molecule has 0 bridgehead atoms. The molecule has 62 valence electrons. The lowest BCUT2D eigenvalue weighted by atomic mass is 10.1. The van der Waals surface area contributed by atoms with Gasteiger partial charge in [0.25, 0.3) is 0 Å². The van der Waals surface area contributed by atoms with Gasteiger partial charge in [0.15, 0.2) is 0 Å². The van der Waals surface area contributed by atoms with Gasteiger partial charge in [-0.15, -0.1) is 0 Å². The second kappa shape index (κ2) is 2.90. The quantitative estimate of drug-likeness (QED) is 0.555. The van der Waals surface area contributed by atoms with Crippen molar-refractivity contribution in [3.63, 3.8) is 0 Å². The van der Waals surface area contributed by atoms with Crippen LogP contribution in [0.5, 0.6) is 0 Å². The molecule has 2 rings (SSSR count). The summed E-state index contributed by atoms with van der Waals surface area (Å²) in [6, 6.07) is 7.52. The third-order valence-corrected chi connectivity index (χ3v) is 2.33. The van der Waals surface area contributed by atoms with Gasteiger partial charge >= 0.3 is 0 Å². The lowest BCUT2D eigenvalue weighted by molar-refractivity contribution is 0.569. The molecule has 1 aliphatic carbocycles. The van der Waals surface area contributed by atoms with Gasteiger partial charge in [-0.2, -0.15) is 5.26 Å². The van der Waals surface area contributed by atoms with E-state index in [0.29, 0.717) is 11.1 Å². The Morgan fingerprint density at radius 3 is 2.85 bits per heavy atom. The van der Waals surface area contributed by atoms with Gasteiger partial charge < -0.3 is 0 Å². The van der Waals surface area contributed by atoms with Crippen molar-refractivity contribution in [2.45, 2.75) is 12.8 Å². The second-order valence-corrected chi connectivity index (χ2v) is 3.06. The molecule has 0 saturated carbocycles. The van der Waals surface area contributed by atoms with Gasteiger partial charge in [0.2, 0.25) is 0 Å². The van der Waals surface area contributed by atoms with Crippen molar-refractivity contribution in [1.29, 1.82) is 5.26 Å². The number of carbonyl (C=O) groups excluding carboxylic acids is 1. The molecule has 0 radical (unpaired) electrons. The minimum absolute atomic E-state index is 0.605. The van der Waals surface area contributed by atoms with E-state index in [1.807, 2.05) is 12.0 Å². The summed E-state index contributed by atoms with van der Waals surface area (Å²) in [4.78, 5) is 10.5. The molecule has 0 aliphatic heterocycles. The molecule has 1 aromatic rings. The number of nitriles is 1. The number of nitrogens with zero attached hydrogens (tertiary/aromatic N) is 1. The van der Waals surface area contributed by atoms with Gasteiger partial charge in [0, 0.05) is 5.57 Å². The largest absolute Gasteiger partial charge is 0.233 e. The summed E-state index contributed by atoms with van der Waals surface area (Å²) in [7, 11) is 0. The van der Waals surface area contributed by atoms with Crippen molar-refractivity contribution in [1.82, 2.24) is 0 Å². The number of allylic oxidation sites excluding steroid dienone is 1.